The van der Waals surface area contributed by atoms with Gasteiger partial charge in [0.05, 0.1) is 12.7 Å². The molecular formula is C19H28N2O2S2. The summed E-state index contributed by atoms with van der Waals surface area (Å²) in [5, 5.41) is 5.01. The number of hydrogen-bond donors (Lipinski definition) is 1. The molecule has 4 nitrogen and oxygen atoms in total. The second-order valence-electron chi connectivity index (χ2n) is 7.24. The Morgan fingerprint density at radius 1 is 1.24 bits per heavy atom. The monoisotopic (exact) mass is 380 g/mol. The fourth-order valence-corrected chi connectivity index (χ4v) is 5.48. The fourth-order valence-electron chi connectivity index (χ4n) is 3.88. The Kier molecular flexibility index (Phi) is 6.34. The number of thiocarbonyl (C=S) groups is 1. The van der Waals surface area contributed by atoms with Crippen molar-refractivity contribution in [2.45, 2.75) is 58.3 Å². The van der Waals surface area contributed by atoms with E-state index in [9.17, 15) is 4.79 Å². The first-order valence-corrected chi connectivity index (χ1v) is 10.6. The number of carbonyl (C=O) groups is 1. The molecule has 3 rings (SSSR count). The van der Waals surface area contributed by atoms with E-state index in [0.717, 1.165) is 48.0 Å². The highest BCUT2D eigenvalue weighted by molar-refractivity contribution is 7.80. The zero-order chi connectivity index (χ0) is 17.8. The van der Waals surface area contributed by atoms with Crippen molar-refractivity contribution in [1.82, 2.24) is 4.90 Å². The van der Waals surface area contributed by atoms with Crippen LogP contribution in [0.1, 0.15) is 66.2 Å². The lowest BCUT2D eigenvalue weighted by molar-refractivity contribution is 0.0601. The first-order valence-electron chi connectivity index (χ1n) is 9.39. The van der Waals surface area contributed by atoms with E-state index in [1.165, 1.54) is 49.7 Å². The highest BCUT2D eigenvalue weighted by Crippen LogP contribution is 2.37. The van der Waals surface area contributed by atoms with Crippen LogP contribution in [0.15, 0.2) is 0 Å². The zero-order valence-corrected chi connectivity index (χ0v) is 16.9. The summed E-state index contributed by atoms with van der Waals surface area (Å²) < 4.78 is 5.09. The van der Waals surface area contributed by atoms with Crippen molar-refractivity contribution in [3.05, 3.63) is 16.0 Å². The number of methoxy groups -OCH3 is 1. The Balaban J connectivity index is 1.85. The molecule has 1 fully saturated rings. The van der Waals surface area contributed by atoms with Crippen molar-refractivity contribution in [3.8, 4) is 0 Å². The maximum absolute atomic E-state index is 12.5. The third kappa shape index (κ3) is 4.34. The van der Waals surface area contributed by atoms with Gasteiger partial charge >= 0.3 is 5.97 Å². The highest BCUT2D eigenvalue weighted by atomic mass is 32.1. The van der Waals surface area contributed by atoms with Gasteiger partial charge in [-0.05, 0) is 62.2 Å². The molecule has 138 valence electrons. The molecule has 2 heterocycles. The number of thiophene rings is 1. The number of piperidine rings is 1. The van der Waals surface area contributed by atoms with Gasteiger partial charge in [0.1, 0.15) is 5.00 Å². The van der Waals surface area contributed by atoms with Crippen LogP contribution in [-0.4, -0.2) is 36.2 Å². The predicted molar refractivity (Wildman–Crippen MR) is 108 cm³/mol. The fraction of sp³-hybridized carbons (Fsp3) is 0.684. The van der Waals surface area contributed by atoms with Gasteiger partial charge in [-0.1, -0.05) is 19.8 Å². The van der Waals surface area contributed by atoms with Gasteiger partial charge in [0, 0.05) is 18.0 Å². The lowest BCUT2D eigenvalue weighted by Gasteiger charge is -2.33. The summed E-state index contributed by atoms with van der Waals surface area (Å²) in [5.41, 5.74) is 1.91. The summed E-state index contributed by atoms with van der Waals surface area (Å²) >= 11 is 7.35. The average Bonchev–Trinajstić information content (AvgIpc) is 2.90. The number of nitrogens with zero attached hydrogens (tertiary/aromatic N) is 1. The van der Waals surface area contributed by atoms with Crippen LogP contribution in [-0.2, 0) is 17.6 Å². The maximum atomic E-state index is 12.5. The summed E-state index contributed by atoms with van der Waals surface area (Å²) in [7, 11) is 1.46. The van der Waals surface area contributed by atoms with Crippen molar-refractivity contribution in [3.63, 3.8) is 0 Å². The SMILES string of the molecule is COC(=O)c1c(NC(=S)N2CCCC(C)C2)sc2c1CCCCCC2. The molecule has 0 saturated carbocycles. The van der Waals surface area contributed by atoms with Crippen molar-refractivity contribution in [1.29, 1.82) is 0 Å². The van der Waals surface area contributed by atoms with E-state index in [4.69, 9.17) is 17.0 Å². The standard InChI is InChI=1S/C19H28N2O2S2/c1-13-8-7-11-21(12-13)19(24)20-17-16(18(22)23-2)14-9-5-3-4-6-10-15(14)25-17/h13H,3-12H2,1-2H3,(H,20,24). The summed E-state index contributed by atoms with van der Waals surface area (Å²) in [4.78, 5) is 16.0. The number of anilines is 1. The van der Waals surface area contributed by atoms with Crippen molar-refractivity contribution < 1.29 is 9.53 Å². The normalized spacial score (nSPS) is 21.0. The van der Waals surface area contributed by atoms with E-state index in [1.807, 2.05) is 0 Å². The Morgan fingerprint density at radius 2 is 2.00 bits per heavy atom. The molecule has 1 aromatic rings. The van der Waals surface area contributed by atoms with Gasteiger partial charge in [-0.25, -0.2) is 4.79 Å². The Labute approximate surface area is 159 Å². The first kappa shape index (κ1) is 18.6. The van der Waals surface area contributed by atoms with Crippen LogP contribution >= 0.6 is 23.6 Å². The van der Waals surface area contributed by atoms with E-state index < -0.39 is 0 Å². The summed E-state index contributed by atoms with van der Waals surface area (Å²) in [6, 6.07) is 0. The number of ether oxygens (including phenoxy) is 1. The second-order valence-corrected chi connectivity index (χ2v) is 8.73. The quantitative estimate of drug-likeness (QED) is 0.599. The maximum Gasteiger partial charge on any atom is 0.341 e. The molecule has 0 aromatic carbocycles. The molecule has 25 heavy (non-hydrogen) atoms. The second kappa shape index (κ2) is 8.49. The molecule has 1 aromatic heterocycles. The van der Waals surface area contributed by atoms with Crippen molar-refractivity contribution in [2.75, 3.05) is 25.5 Å². The van der Waals surface area contributed by atoms with Crippen LogP contribution in [0.5, 0.6) is 0 Å². The molecule has 1 saturated heterocycles. The van der Waals surface area contributed by atoms with Crippen LogP contribution in [0.3, 0.4) is 0 Å². The number of carbonyl (C=O) groups excluding carboxylic acids is 1. The lowest BCUT2D eigenvalue weighted by Crippen LogP contribution is -2.41. The molecule has 1 aliphatic heterocycles. The van der Waals surface area contributed by atoms with E-state index >= 15 is 0 Å². The smallest absolute Gasteiger partial charge is 0.341 e. The Bertz CT molecular complexity index is 642. The van der Waals surface area contributed by atoms with Crippen LogP contribution < -0.4 is 5.32 Å². The van der Waals surface area contributed by atoms with E-state index in [-0.39, 0.29) is 5.97 Å². The molecule has 0 bridgehead atoms. The van der Waals surface area contributed by atoms with Crippen LogP contribution in [0.4, 0.5) is 5.00 Å². The summed E-state index contributed by atoms with van der Waals surface area (Å²) in [6.45, 7) is 4.25. The third-order valence-corrected chi connectivity index (χ3v) is 6.79. The van der Waals surface area contributed by atoms with E-state index in [0.29, 0.717) is 5.92 Å². The van der Waals surface area contributed by atoms with Crippen molar-refractivity contribution >= 4 is 39.6 Å². The number of esters is 1. The molecule has 1 N–H and O–H groups in total. The largest absolute Gasteiger partial charge is 0.465 e. The summed E-state index contributed by atoms with van der Waals surface area (Å²) in [6.07, 6.45) is 9.31. The number of nitrogens with one attached hydrogen (secondary N) is 1. The topological polar surface area (TPSA) is 41.6 Å². The van der Waals surface area contributed by atoms with Crippen molar-refractivity contribution in [2.24, 2.45) is 5.92 Å². The van der Waals surface area contributed by atoms with Crippen LogP contribution in [0, 0.1) is 5.92 Å². The molecule has 1 aliphatic carbocycles. The minimum Gasteiger partial charge on any atom is -0.465 e. The molecule has 2 aliphatic rings. The van der Waals surface area contributed by atoms with Gasteiger partial charge in [-0.3, -0.25) is 0 Å². The molecule has 1 atom stereocenters. The molecule has 0 amide bonds. The number of fused-ring (bicyclic) bond motifs is 1. The van der Waals surface area contributed by atoms with Gasteiger partial charge in [-0.15, -0.1) is 11.3 Å². The Hall–Kier alpha value is -1.14. The van der Waals surface area contributed by atoms with E-state index in [2.05, 4.69) is 17.1 Å². The highest BCUT2D eigenvalue weighted by Gasteiger charge is 2.27. The number of likely N-dealkylation sites (tertiary alicyclic amines) is 1. The molecule has 0 spiro atoms. The lowest BCUT2D eigenvalue weighted by atomic mass is 9.96. The Morgan fingerprint density at radius 3 is 2.72 bits per heavy atom. The minimum absolute atomic E-state index is 0.240. The number of aryl methyl sites for hydroxylation is 1. The third-order valence-electron chi connectivity index (χ3n) is 5.23. The zero-order valence-electron chi connectivity index (χ0n) is 15.2. The minimum atomic E-state index is -0.240. The van der Waals surface area contributed by atoms with Crippen LogP contribution in [0.2, 0.25) is 0 Å². The number of rotatable bonds is 2. The molecule has 6 heteroatoms. The molecular weight excluding hydrogens is 352 g/mol. The summed E-state index contributed by atoms with van der Waals surface area (Å²) in [5.74, 6) is 0.424. The van der Waals surface area contributed by atoms with Gasteiger partial charge < -0.3 is 15.0 Å². The van der Waals surface area contributed by atoms with Crippen LogP contribution in [0.25, 0.3) is 0 Å². The van der Waals surface area contributed by atoms with E-state index in [1.54, 1.807) is 11.3 Å². The first-order chi connectivity index (χ1) is 12.1. The predicted octanol–water partition coefficient (Wildman–Crippen LogP) is 4.62. The number of hydrogen-bond acceptors (Lipinski definition) is 4. The molecule has 1 unspecified atom stereocenters. The van der Waals surface area contributed by atoms with Gasteiger partial charge in [-0.2, -0.15) is 0 Å². The average molecular weight is 381 g/mol. The van der Waals surface area contributed by atoms with Gasteiger partial charge in [0.2, 0.25) is 0 Å². The van der Waals surface area contributed by atoms with Gasteiger partial charge in [0.15, 0.2) is 5.11 Å². The van der Waals surface area contributed by atoms with Gasteiger partial charge in [0.25, 0.3) is 0 Å². The molecule has 0 radical (unpaired) electrons.